The monoisotopic (exact) mass is 285 g/mol. The van der Waals surface area contributed by atoms with E-state index in [-0.39, 0.29) is 0 Å². The minimum atomic E-state index is 0.567. The molecule has 2 rings (SSSR count). The van der Waals surface area contributed by atoms with Crippen LogP contribution < -0.4 is 5.73 Å². The van der Waals surface area contributed by atoms with Crippen LogP contribution in [0, 0.1) is 0 Å². The van der Waals surface area contributed by atoms with E-state index in [1.54, 1.807) is 12.2 Å². The van der Waals surface area contributed by atoms with E-state index in [9.17, 15) is 0 Å². The van der Waals surface area contributed by atoms with Gasteiger partial charge in [0.25, 0.3) is 0 Å². The van der Waals surface area contributed by atoms with Crippen molar-refractivity contribution < 1.29 is 0 Å². The maximum absolute atomic E-state index is 6.28. The predicted octanol–water partition coefficient (Wildman–Crippen LogP) is 1.86. The first-order chi connectivity index (χ1) is 8.72. The molecular formula is C13H17Cl2N3. The lowest BCUT2D eigenvalue weighted by molar-refractivity contribution is 0.165. The molecule has 1 aliphatic heterocycles. The molecule has 0 aromatic rings. The molecule has 0 bridgehead atoms. The molecule has 5 heteroatoms. The molecule has 1 heterocycles. The van der Waals surface area contributed by atoms with Crippen LogP contribution in [0.25, 0.3) is 0 Å². The van der Waals surface area contributed by atoms with Crippen molar-refractivity contribution in [2.45, 2.75) is 0 Å². The van der Waals surface area contributed by atoms with Crippen LogP contribution in [0.1, 0.15) is 0 Å². The van der Waals surface area contributed by atoms with E-state index in [0.29, 0.717) is 16.6 Å². The van der Waals surface area contributed by atoms with Gasteiger partial charge in [-0.3, -0.25) is 4.90 Å². The van der Waals surface area contributed by atoms with Crippen molar-refractivity contribution in [1.82, 2.24) is 9.80 Å². The van der Waals surface area contributed by atoms with Crippen molar-refractivity contribution in [2.75, 3.05) is 39.3 Å². The molecule has 0 radical (unpaired) electrons. The zero-order valence-electron chi connectivity index (χ0n) is 10.2. The highest BCUT2D eigenvalue weighted by Crippen LogP contribution is 2.27. The van der Waals surface area contributed by atoms with Crippen LogP contribution in [-0.4, -0.2) is 49.1 Å². The smallest absolute Gasteiger partial charge is 0.0832 e. The fourth-order valence-electron chi connectivity index (χ4n) is 2.13. The van der Waals surface area contributed by atoms with E-state index < -0.39 is 0 Å². The van der Waals surface area contributed by atoms with Crippen LogP contribution in [0.2, 0.25) is 0 Å². The van der Waals surface area contributed by atoms with E-state index >= 15 is 0 Å². The summed E-state index contributed by atoms with van der Waals surface area (Å²) in [5, 5.41) is 1.17. The summed E-state index contributed by atoms with van der Waals surface area (Å²) in [4.78, 5) is 4.61. The predicted molar refractivity (Wildman–Crippen MR) is 76.5 cm³/mol. The zero-order chi connectivity index (χ0) is 13.0. The number of nitrogens with two attached hydrogens (primary N) is 1. The molecular weight excluding hydrogens is 269 g/mol. The molecule has 1 saturated heterocycles. The summed E-state index contributed by atoms with van der Waals surface area (Å²) in [6.07, 6.45) is 5.44. The van der Waals surface area contributed by atoms with Crippen molar-refractivity contribution in [2.24, 2.45) is 5.73 Å². The molecule has 2 N–H and O–H groups in total. The van der Waals surface area contributed by atoms with Gasteiger partial charge >= 0.3 is 0 Å². The van der Waals surface area contributed by atoms with Gasteiger partial charge in [0, 0.05) is 45.3 Å². The van der Waals surface area contributed by atoms with E-state index in [0.717, 1.165) is 38.4 Å². The highest BCUT2D eigenvalue weighted by Gasteiger charge is 2.20. The third-order valence-corrected chi connectivity index (χ3v) is 3.95. The van der Waals surface area contributed by atoms with E-state index in [1.165, 1.54) is 0 Å². The highest BCUT2D eigenvalue weighted by molar-refractivity contribution is 6.44. The van der Waals surface area contributed by atoms with Crippen molar-refractivity contribution in [1.29, 1.82) is 0 Å². The molecule has 1 fully saturated rings. The van der Waals surface area contributed by atoms with Crippen LogP contribution in [0.4, 0.5) is 0 Å². The van der Waals surface area contributed by atoms with Crippen LogP contribution in [-0.2, 0) is 0 Å². The average molecular weight is 286 g/mol. The maximum Gasteiger partial charge on any atom is 0.0832 e. The molecule has 0 aromatic carbocycles. The van der Waals surface area contributed by atoms with Crippen molar-refractivity contribution in [3.63, 3.8) is 0 Å². The number of nitrogens with zero attached hydrogens (tertiary/aromatic N) is 2. The Balaban J connectivity index is 2.07. The number of hydrogen-bond donors (Lipinski definition) is 1. The van der Waals surface area contributed by atoms with Gasteiger partial charge in [0.1, 0.15) is 0 Å². The number of hydrogen-bond acceptors (Lipinski definition) is 3. The lowest BCUT2D eigenvalue weighted by Crippen LogP contribution is -2.47. The van der Waals surface area contributed by atoms with Gasteiger partial charge in [0.15, 0.2) is 0 Å². The minimum Gasteiger partial charge on any atom is -0.367 e. The quantitative estimate of drug-likeness (QED) is 0.804. The third-order valence-electron chi connectivity index (χ3n) is 3.14. The summed E-state index contributed by atoms with van der Waals surface area (Å²) >= 11 is 12.4. The topological polar surface area (TPSA) is 32.5 Å². The van der Waals surface area contributed by atoms with Crippen molar-refractivity contribution in [3.8, 4) is 0 Å². The first-order valence-corrected chi connectivity index (χ1v) is 6.83. The van der Waals surface area contributed by atoms with Crippen LogP contribution in [0.15, 0.2) is 39.7 Å². The zero-order valence-corrected chi connectivity index (χ0v) is 11.7. The van der Waals surface area contributed by atoms with Gasteiger partial charge < -0.3 is 10.6 Å². The largest absolute Gasteiger partial charge is 0.367 e. The molecule has 3 nitrogen and oxygen atoms in total. The first kappa shape index (κ1) is 13.7. The minimum absolute atomic E-state index is 0.567. The molecule has 2 aliphatic rings. The van der Waals surface area contributed by atoms with Gasteiger partial charge in [-0.25, -0.2) is 0 Å². The Morgan fingerprint density at radius 1 is 1.22 bits per heavy atom. The highest BCUT2D eigenvalue weighted by atomic mass is 35.5. The third kappa shape index (κ3) is 3.19. The van der Waals surface area contributed by atoms with Gasteiger partial charge in [-0.05, 0) is 12.2 Å². The van der Waals surface area contributed by atoms with Gasteiger partial charge in [-0.15, -0.1) is 5.73 Å². The molecule has 0 unspecified atom stereocenters. The normalized spacial score (nSPS) is 21.3. The second kappa shape index (κ2) is 6.46. The van der Waals surface area contributed by atoms with Crippen molar-refractivity contribution >= 4 is 23.2 Å². The van der Waals surface area contributed by atoms with Gasteiger partial charge in [0.05, 0.1) is 15.8 Å². The maximum atomic E-state index is 6.28. The van der Waals surface area contributed by atoms with Crippen LogP contribution >= 0.6 is 23.2 Å². The molecule has 0 amide bonds. The summed E-state index contributed by atoms with van der Waals surface area (Å²) < 4.78 is 0. The Bertz CT molecular complexity index is 426. The summed E-state index contributed by atoms with van der Waals surface area (Å²) in [6.45, 7) is 5.55. The molecule has 0 saturated carbocycles. The SMILES string of the molecule is NCCN1CCN(C2=C(Cl)C(Cl)=CC=C=C2)CC1. The summed E-state index contributed by atoms with van der Waals surface area (Å²) in [7, 11) is 0. The molecule has 0 atom stereocenters. The molecule has 0 spiro atoms. The molecule has 0 aromatic heterocycles. The number of piperazine rings is 1. The summed E-state index contributed by atoms with van der Waals surface area (Å²) in [5.41, 5.74) is 9.59. The van der Waals surface area contributed by atoms with Crippen molar-refractivity contribution in [3.05, 3.63) is 39.7 Å². The number of rotatable bonds is 3. The average Bonchev–Trinajstić information content (AvgIpc) is 2.54. The summed E-state index contributed by atoms with van der Waals surface area (Å²) in [5.74, 6) is 0. The Hall–Kier alpha value is -0.700. The van der Waals surface area contributed by atoms with E-state index in [4.69, 9.17) is 28.9 Å². The molecule has 1 aliphatic carbocycles. The first-order valence-electron chi connectivity index (χ1n) is 6.08. The molecule has 98 valence electrons. The Kier molecular flexibility index (Phi) is 4.93. The summed E-state index contributed by atoms with van der Waals surface area (Å²) in [6, 6.07) is 0. The Morgan fingerprint density at radius 3 is 2.61 bits per heavy atom. The van der Waals surface area contributed by atoms with E-state index in [1.807, 2.05) is 6.08 Å². The lowest BCUT2D eigenvalue weighted by atomic mass is 10.2. The standard InChI is InChI=1S/C13H17Cl2N3/c14-11-3-1-2-4-12(13(11)15)18-9-7-17(6-5-16)8-10-18/h1,3-4H,5-10,16H2. The van der Waals surface area contributed by atoms with Gasteiger partial charge in [0.2, 0.25) is 0 Å². The van der Waals surface area contributed by atoms with E-state index in [2.05, 4.69) is 15.5 Å². The fourth-order valence-corrected chi connectivity index (χ4v) is 2.53. The Labute approximate surface area is 118 Å². The second-order valence-corrected chi connectivity index (χ2v) is 5.09. The fraction of sp³-hybridized carbons (Fsp3) is 0.462. The number of allylic oxidation sites excluding steroid dienone is 4. The van der Waals surface area contributed by atoms with Crippen LogP contribution in [0.5, 0.6) is 0 Å². The van der Waals surface area contributed by atoms with Gasteiger partial charge in [-0.2, -0.15) is 0 Å². The Morgan fingerprint density at radius 2 is 1.94 bits per heavy atom. The lowest BCUT2D eigenvalue weighted by Gasteiger charge is -2.36. The second-order valence-electron chi connectivity index (χ2n) is 4.31. The van der Waals surface area contributed by atoms with Crippen LogP contribution in [0.3, 0.4) is 0 Å². The number of halogens is 2. The molecule has 18 heavy (non-hydrogen) atoms. The van der Waals surface area contributed by atoms with Gasteiger partial charge in [-0.1, -0.05) is 23.2 Å².